The van der Waals surface area contributed by atoms with Crippen molar-refractivity contribution in [2.75, 3.05) is 13.7 Å². The molecule has 0 unspecified atom stereocenters. The number of methoxy groups -OCH3 is 1. The summed E-state index contributed by atoms with van der Waals surface area (Å²) in [6, 6.07) is -1.52. The molecule has 3 amide bonds. The van der Waals surface area contributed by atoms with E-state index in [4.69, 9.17) is 5.73 Å². The van der Waals surface area contributed by atoms with Crippen molar-refractivity contribution in [3.8, 4) is 0 Å². The molecule has 0 heterocycles. The van der Waals surface area contributed by atoms with Gasteiger partial charge in [0.1, 0.15) is 12.6 Å². The van der Waals surface area contributed by atoms with Gasteiger partial charge in [-0.2, -0.15) is 0 Å². The van der Waals surface area contributed by atoms with Crippen molar-refractivity contribution in [3.63, 3.8) is 0 Å². The number of hydrogen-bond acceptors (Lipinski definition) is 4. The van der Waals surface area contributed by atoms with Crippen LogP contribution >= 0.6 is 0 Å². The van der Waals surface area contributed by atoms with E-state index in [1.165, 1.54) is 7.11 Å². The first-order valence-electron chi connectivity index (χ1n) is 5.32. The first-order chi connectivity index (χ1) is 7.92. The van der Waals surface area contributed by atoms with Crippen LogP contribution in [0.15, 0.2) is 0 Å². The minimum absolute atomic E-state index is 0.0832. The van der Waals surface area contributed by atoms with E-state index < -0.39 is 23.9 Å². The van der Waals surface area contributed by atoms with Crippen LogP contribution in [0.1, 0.15) is 20.3 Å². The lowest BCUT2D eigenvalue weighted by Gasteiger charge is -2.22. The Morgan fingerprint density at radius 3 is 2.35 bits per heavy atom. The first-order valence-corrected chi connectivity index (χ1v) is 5.32. The molecule has 0 aliphatic carbocycles. The maximum Gasteiger partial charge on any atom is 0.325 e. The second-order valence-electron chi connectivity index (χ2n) is 3.67. The number of amides is 3. The molecular formula is C10H19N3O4. The molecule has 0 rings (SSSR count). The van der Waals surface area contributed by atoms with E-state index in [0.29, 0.717) is 6.42 Å². The maximum atomic E-state index is 11.7. The third-order valence-electron chi connectivity index (χ3n) is 2.43. The van der Waals surface area contributed by atoms with Gasteiger partial charge in [0.15, 0.2) is 0 Å². The van der Waals surface area contributed by atoms with Gasteiger partial charge < -0.3 is 21.1 Å². The van der Waals surface area contributed by atoms with Crippen molar-refractivity contribution in [2.45, 2.75) is 26.3 Å². The molecule has 0 aliphatic heterocycles. The Hall–Kier alpha value is -1.79. The van der Waals surface area contributed by atoms with Gasteiger partial charge in [-0.25, -0.2) is 4.79 Å². The van der Waals surface area contributed by atoms with Gasteiger partial charge in [0.05, 0.1) is 7.11 Å². The van der Waals surface area contributed by atoms with Gasteiger partial charge >= 0.3 is 12.0 Å². The van der Waals surface area contributed by atoms with Crippen LogP contribution in [-0.4, -0.2) is 37.6 Å². The van der Waals surface area contributed by atoms with Gasteiger partial charge in [-0.15, -0.1) is 0 Å². The molecule has 0 saturated carbocycles. The molecule has 2 atom stereocenters. The summed E-state index contributed by atoms with van der Waals surface area (Å²) in [6.45, 7) is 3.45. The largest absolute Gasteiger partial charge is 0.468 e. The summed E-state index contributed by atoms with van der Waals surface area (Å²) in [7, 11) is 1.22. The number of primary amides is 1. The summed E-state index contributed by atoms with van der Waals surface area (Å²) >= 11 is 0. The molecule has 0 bridgehead atoms. The minimum Gasteiger partial charge on any atom is -0.468 e. The number of esters is 1. The molecule has 0 aromatic heterocycles. The van der Waals surface area contributed by atoms with Crippen LogP contribution in [0.25, 0.3) is 0 Å². The van der Waals surface area contributed by atoms with E-state index in [1.807, 2.05) is 6.92 Å². The van der Waals surface area contributed by atoms with E-state index in [1.54, 1.807) is 6.92 Å². The lowest BCUT2D eigenvalue weighted by molar-refractivity contribution is -0.141. The average molecular weight is 245 g/mol. The number of carbonyl (C=O) groups excluding carboxylic acids is 3. The average Bonchev–Trinajstić information content (AvgIpc) is 2.31. The van der Waals surface area contributed by atoms with Crippen LogP contribution in [0.4, 0.5) is 4.79 Å². The Balaban J connectivity index is 4.42. The van der Waals surface area contributed by atoms with Crippen LogP contribution < -0.4 is 16.4 Å². The van der Waals surface area contributed by atoms with Gasteiger partial charge in [-0.05, 0) is 5.92 Å². The molecule has 0 spiro atoms. The van der Waals surface area contributed by atoms with Crippen molar-refractivity contribution in [1.29, 1.82) is 0 Å². The summed E-state index contributed by atoms with van der Waals surface area (Å²) in [5, 5.41) is 4.72. The fourth-order valence-electron chi connectivity index (χ4n) is 1.20. The molecule has 4 N–H and O–H groups in total. The third-order valence-corrected chi connectivity index (χ3v) is 2.43. The molecule has 0 radical (unpaired) electrons. The summed E-state index contributed by atoms with van der Waals surface area (Å²) in [4.78, 5) is 33.3. The van der Waals surface area contributed by atoms with Crippen molar-refractivity contribution in [3.05, 3.63) is 0 Å². The van der Waals surface area contributed by atoms with Gasteiger partial charge in [-0.3, -0.25) is 9.59 Å². The summed E-state index contributed by atoms with van der Waals surface area (Å²) in [5.41, 5.74) is 4.98. The highest BCUT2D eigenvalue weighted by atomic mass is 16.5. The number of nitrogens with one attached hydrogen (secondary N) is 2. The van der Waals surface area contributed by atoms with Crippen LogP contribution in [0.3, 0.4) is 0 Å². The third kappa shape index (κ3) is 5.74. The summed E-state index contributed by atoms with van der Waals surface area (Å²) in [5.74, 6) is -1.09. The minimum atomic E-state index is -0.775. The number of urea groups is 1. The van der Waals surface area contributed by atoms with E-state index in [0.717, 1.165) is 0 Å². The molecule has 0 saturated heterocycles. The molecule has 0 aliphatic rings. The van der Waals surface area contributed by atoms with Crippen molar-refractivity contribution >= 4 is 17.9 Å². The van der Waals surface area contributed by atoms with E-state index in [2.05, 4.69) is 15.4 Å². The second kappa shape index (κ2) is 7.48. The Morgan fingerprint density at radius 2 is 1.94 bits per heavy atom. The highest BCUT2D eigenvalue weighted by Gasteiger charge is 2.25. The highest BCUT2D eigenvalue weighted by Crippen LogP contribution is 2.07. The zero-order chi connectivity index (χ0) is 13.4. The molecule has 0 aromatic carbocycles. The fraction of sp³-hybridized carbons (Fsp3) is 0.700. The van der Waals surface area contributed by atoms with Crippen LogP contribution in [0.5, 0.6) is 0 Å². The van der Waals surface area contributed by atoms with Crippen molar-refractivity contribution < 1.29 is 19.1 Å². The Labute approximate surface area is 100 Å². The lowest BCUT2D eigenvalue weighted by Crippen LogP contribution is -2.52. The molecule has 7 nitrogen and oxygen atoms in total. The lowest BCUT2D eigenvalue weighted by atomic mass is 9.98. The SMILES string of the molecule is CC[C@H](C)[C@@H](NC(N)=O)C(=O)NCC(=O)OC. The van der Waals surface area contributed by atoms with Crippen LogP contribution in [0.2, 0.25) is 0 Å². The van der Waals surface area contributed by atoms with Crippen molar-refractivity contribution in [2.24, 2.45) is 11.7 Å². The molecule has 98 valence electrons. The second-order valence-corrected chi connectivity index (χ2v) is 3.67. The molecule has 7 heteroatoms. The molecule has 17 heavy (non-hydrogen) atoms. The first kappa shape index (κ1) is 15.2. The van der Waals surface area contributed by atoms with Crippen molar-refractivity contribution in [1.82, 2.24) is 10.6 Å². The standard InChI is InChI=1S/C10H19N3O4/c1-4-6(2)8(13-10(11)16)9(15)12-5-7(14)17-3/h6,8H,4-5H2,1-3H3,(H,12,15)(H3,11,13,16)/t6-,8+/m0/s1. The number of rotatable bonds is 6. The van der Waals surface area contributed by atoms with Gasteiger partial charge in [0.25, 0.3) is 0 Å². The number of hydrogen-bond donors (Lipinski definition) is 3. The fourth-order valence-corrected chi connectivity index (χ4v) is 1.20. The molecule has 0 fully saturated rings. The Morgan fingerprint density at radius 1 is 1.35 bits per heavy atom. The van der Waals surface area contributed by atoms with E-state index in [9.17, 15) is 14.4 Å². The Bertz CT molecular complexity index is 293. The molecule has 0 aromatic rings. The topological polar surface area (TPSA) is 111 Å². The molecular weight excluding hydrogens is 226 g/mol. The van der Waals surface area contributed by atoms with Gasteiger partial charge in [0.2, 0.25) is 5.91 Å². The predicted molar refractivity (Wildman–Crippen MR) is 61.0 cm³/mol. The number of carbonyl (C=O) groups is 3. The smallest absolute Gasteiger partial charge is 0.325 e. The predicted octanol–water partition coefficient (Wildman–Crippen LogP) is -0.641. The summed E-state index contributed by atoms with van der Waals surface area (Å²) < 4.78 is 4.38. The normalized spacial score (nSPS) is 13.4. The Kier molecular flexibility index (Phi) is 6.69. The van der Waals surface area contributed by atoms with E-state index >= 15 is 0 Å². The monoisotopic (exact) mass is 245 g/mol. The number of nitrogens with two attached hydrogens (primary N) is 1. The summed E-state index contributed by atoms with van der Waals surface area (Å²) in [6.07, 6.45) is 0.691. The zero-order valence-corrected chi connectivity index (χ0v) is 10.3. The van der Waals surface area contributed by atoms with Crippen LogP contribution in [-0.2, 0) is 14.3 Å². The zero-order valence-electron chi connectivity index (χ0n) is 10.3. The number of ether oxygens (including phenoxy) is 1. The van der Waals surface area contributed by atoms with Crippen LogP contribution in [0, 0.1) is 5.92 Å². The van der Waals surface area contributed by atoms with E-state index in [-0.39, 0.29) is 12.5 Å². The maximum absolute atomic E-state index is 11.7. The quantitative estimate of drug-likeness (QED) is 0.540. The van der Waals surface area contributed by atoms with Gasteiger partial charge in [-0.1, -0.05) is 20.3 Å². The van der Waals surface area contributed by atoms with Gasteiger partial charge in [0, 0.05) is 0 Å². The highest BCUT2D eigenvalue weighted by molar-refractivity contribution is 5.89.